The molecule has 0 aliphatic rings. The van der Waals surface area contributed by atoms with Gasteiger partial charge in [0.1, 0.15) is 5.75 Å². The van der Waals surface area contributed by atoms with Gasteiger partial charge in [-0.15, -0.1) is 0 Å². The summed E-state index contributed by atoms with van der Waals surface area (Å²) in [4.78, 5) is 2.07. The summed E-state index contributed by atoms with van der Waals surface area (Å²) in [7, 11) is 3.66. The minimum atomic E-state index is -0.486. The maximum atomic E-state index is 9.66. The molecule has 1 N–H and O–H groups in total. The molecule has 0 amide bonds. The molecule has 0 aromatic heterocycles. The van der Waals surface area contributed by atoms with Crippen molar-refractivity contribution in [1.82, 2.24) is 0 Å². The van der Waals surface area contributed by atoms with Crippen molar-refractivity contribution < 1.29 is 9.84 Å². The number of anilines is 2. The second-order valence-corrected chi connectivity index (χ2v) is 5.50. The molecule has 106 valence electrons. The van der Waals surface area contributed by atoms with Crippen LogP contribution in [-0.2, 0) is 0 Å². The Morgan fingerprint density at radius 3 is 2.45 bits per heavy atom. The van der Waals surface area contributed by atoms with Crippen LogP contribution in [0.15, 0.2) is 46.9 Å². The standard InChI is InChI=1S/C16H18BrNO2/c1-11(19)15-8-7-13(10-16(15)17)18(2)12-5-4-6-14(9-12)20-3/h4-11,19H,1-3H3/t11-/m1/s1. The topological polar surface area (TPSA) is 32.7 Å². The van der Waals surface area contributed by atoms with Crippen molar-refractivity contribution >= 4 is 27.3 Å². The van der Waals surface area contributed by atoms with E-state index in [9.17, 15) is 5.11 Å². The minimum Gasteiger partial charge on any atom is -0.497 e. The van der Waals surface area contributed by atoms with Gasteiger partial charge in [-0.25, -0.2) is 0 Å². The van der Waals surface area contributed by atoms with E-state index >= 15 is 0 Å². The van der Waals surface area contributed by atoms with Crippen molar-refractivity contribution in [2.24, 2.45) is 0 Å². The normalized spacial score (nSPS) is 12.1. The van der Waals surface area contributed by atoms with E-state index in [1.54, 1.807) is 14.0 Å². The highest BCUT2D eigenvalue weighted by molar-refractivity contribution is 9.10. The monoisotopic (exact) mass is 335 g/mol. The lowest BCUT2D eigenvalue weighted by molar-refractivity contribution is 0.198. The molecule has 2 aromatic carbocycles. The lowest BCUT2D eigenvalue weighted by atomic mass is 10.1. The van der Waals surface area contributed by atoms with Crippen molar-refractivity contribution in [2.75, 3.05) is 19.1 Å². The number of hydrogen-bond donors (Lipinski definition) is 1. The van der Waals surface area contributed by atoms with Crippen LogP contribution >= 0.6 is 15.9 Å². The number of halogens is 1. The van der Waals surface area contributed by atoms with Crippen LogP contribution in [0.25, 0.3) is 0 Å². The highest BCUT2D eigenvalue weighted by atomic mass is 79.9. The zero-order valence-corrected chi connectivity index (χ0v) is 13.4. The highest BCUT2D eigenvalue weighted by Crippen LogP contribution is 2.32. The number of nitrogens with zero attached hydrogens (tertiary/aromatic N) is 1. The molecule has 4 heteroatoms. The Morgan fingerprint density at radius 1 is 1.15 bits per heavy atom. The molecule has 0 bridgehead atoms. The van der Waals surface area contributed by atoms with Crippen LogP contribution in [0.3, 0.4) is 0 Å². The van der Waals surface area contributed by atoms with E-state index < -0.39 is 6.10 Å². The number of hydrogen-bond acceptors (Lipinski definition) is 3. The molecule has 0 unspecified atom stereocenters. The Bertz CT molecular complexity index is 599. The first-order valence-corrected chi connectivity index (χ1v) is 7.17. The fourth-order valence-corrected chi connectivity index (χ4v) is 2.73. The van der Waals surface area contributed by atoms with E-state index in [0.29, 0.717) is 0 Å². The third kappa shape index (κ3) is 3.14. The largest absolute Gasteiger partial charge is 0.497 e. The van der Waals surface area contributed by atoms with Crippen molar-refractivity contribution in [3.63, 3.8) is 0 Å². The molecule has 0 saturated heterocycles. The van der Waals surface area contributed by atoms with E-state index in [4.69, 9.17) is 4.74 Å². The van der Waals surface area contributed by atoms with Crippen molar-refractivity contribution in [1.29, 1.82) is 0 Å². The number of rotatable bonds is 4. The van der Waals surface area contributed by atoms with Gasteiger partial charge in [-0.2, -0.15) is 0 Å². The molecule has 20 heavy (non-hydrogen) atoms. The van der Waals surface area contributed by atoms with E-state index in [1.165, 1.54) is 0 Å². The number of aliphatic hydroxyl groups excluding tert-OH is 1. The molecule has 2 aromatic rings. The lowest BCUT2D eigenvalue weighted by Crippen LogP contribution is -2.09. The average molecular weight is 336 g/mol. The van der Waals surface area contributed by atoms with Crippen LogP contribution in [0.2, 0.25) is 0 Å². The van der Waals surface area contributed by atoms with Gasteiger partial charge in [-0.1, -0.05) is 28.1 Å². The first-order chi connectivity index (χ1) is 9.52. The van der Waals surface area contributed by atoms with Gasteiger partial charge < -0.3 is 14.7 Å². The maximum Gasteiger partial charge on any atom is 0.120 e. The van der Waals surface area contributed by atoms with Crippen molar-refractivity contribution in [2.45, 2.75) is 13.0 Å². The van der Waals surface area contributed by atoms with Crippen LogP contribution in [0.5, 0.6) is 5.75 Å². The highest BCUT2D eigenvalue weighted by Gasteiger charge is 2.10. The Hall–Kier alpha value is -1.52. The molecule has 0 radical (unpaired) electrons. The van der Waals surface area contributed by atoms with Crippen LogP contribution in [0, 0.1) is 0 Å². The van der Waals surface area contributed by atoms with E-state index in [1.807, 2.05) is 49.5 Å². The summed E-state index contributed by atoms with van der Waals surface area (Å²) in [6, 6.07) is 13.8. The van der Waals surface area contributed by atoms with Crippen LogP contribution in [-0.4, -0.2) is 19.3 Å². The van der Waals surface area contributed by atoms with Gasteiger partial charge in [0.25, 0.3) is 0 Å². The van der Waals surface area contributed by atoms with Crippen LogP contribution in [0.1, 0.15) is 18.6 Å². The van der Waals surface area contributed by atoms with E-state index in [2.05, 4.69) is 20.8 Å². The summed E-state index contributed by atoms with van der Waals surface area (Å²) in [5, 5.41) is 9.66. The quantitative estimate of drug-likeness (QED) is 0.905. The molecule has 0 spiro atoms. The molecule has 0 heterocycles. The molecule has 1 atom stereocenters. The number of aliphatic hydroxyl groups is 1. The second kappa shape index (κ2) is 6.29. The maximum absolute atomic E-state index is 9.66. The SMILES string of the molecule is COc1cccc(N(C)c2ccc([C@@H](C)O)c(Br)c2)c1. The number of benzene rings is 2. The van der Waals surface area contributed by atoms with Crippen LogP contribution < -0.4 is 9.64 Å². The lowest BCUT2D eigenvalue weighted by Gasteiger charge is -2.21. The third-order valence-corrected chi connectivity index (χ3v) is 3.95. The predicted octanol–water partition coefficient (Wildman–Crippen LogP) is 4.28. The Labute approximate surface area is 127 Å². The molecule has 3 nitrogen and oxygen atoms in total. The van der Waals surface area contributed by atoms with Gasteiger partial charge in [0.05, 0.1) is 13.2 Å². The Morgan fingerprint density at radius 2 is 1.85 bits per heavy atom. The fourth-order valence-electron chi connectivity index (χ4n) is 2.03. The zero-order chi connectivity index (χ0) is 14.7. The summed E-state index contributed by atoms with van der Waals surface area (Å²) in [5.41, 5.74) is 2.96. The predicted molar refractivity (Wildman–Crippen MR) is 85.8 cm³/mol. The van der Waals surface area contributed by atoms with Gasteiger partial charge in [-0.05, 0) is 36.8 Å². The minimum absolute atomic E-state index is 0.486. The summed E-state index contributed by atoms with van der Waals surface area (Å²) in [6.07, 6.45) is -0.486. The van der Waals surface area contributed by atoms with Gasteiger partial charge in [0, 0.05) is 29.0 Å². The Balaban J connectivity index is 2.33. The summed E-state index contributed by atoms with van der Waals surface area (Å²) >= 11 is 3.51. The zero-order valence-electron chi connectivity index (χ0n) is 11.8. The fraction of sp³-hybridized carbons (Fsp3) is 0.250. The molecule has 0 aliphatic heterocycles. The van der Waals surface area contributed by atoms with Gasteiger partial charge in [0.2, 0.25) is 0 Å². The molecular formula is C16H18BrNO2. The summed E-state index contributed by atoms with van der Waals surface area (Å²) in [6.45, 7) is 1.76. The van der Waals surface area contributed by atoms with Gasteiger partial charge in [0.15, 0.2) is 0 Å². The number of ether oxygens (including phenoxy) is 1. The van der Waals surface area contributed by atoms with E-state index in [0.717, 1.165) is 27.2 Å². The second-order valence-electron chi connectivity index (χ2n) is 4.64. The molecule has 0 fully saturated rings. The third-order valence-electron chi connectivity index (χ3n) is 3.26. The van der Waals surface area contributed by atoms with Crippen molar-refractivity contribution in [3.8, 4) is 5.75 Å². The molecule has 2 rings (SSSR count). The van der Waals surface area contributed by atoms with Crippen molar-refractivity contribution in [3.05, 3.63) is 52.5 Å². The first-order valence-electron chi connectivity index (χ1n) is 6.38. The molecule has 0 aliphatic carbocycles. The summed E-state index contributed by atoms with van der Waals surface area (Å²) in [5.74, 6) is 0.828. The summed E-state index contributed by atoms with van der Waals surface area (Å²) < 4.78 is 6.15. The number of methoxy groups -OCH3 is 1. The molecule has 0 saturated carbocycles. The Kier molecular flexibility index (Phi) is 4.68. The van der Waals surface area contributed by atoms with Crippen LogP contribution in [0.4, 0.5) is 11.4 Å². The average Bonchev–Trinajstić information content (AvgIpc) is 2.46. The first kappa shape index (κ1) is 14.9. The van der Waals surface area contributed by atoms with E-state index in [-0.39, 0.29) is 0 Å². The molecular weight excluding hydrogens is 318 g/mol. The van der Waals surface area contributed by atoms with Gasteiger partial charge >= 0.3 is 0 Å². The van der Waals surface area contributed by atoms with Gasteiger partial charge in [-0.3, -0.25) is 0 Å². The smallest absolute Gasteiger partial charge is 0.120 e.